The minimum absolute atomic E-state index is 0.0408. The van der Waals surface area contributed by atoms with E-state index < -0.39 is 17.4 Å². The SMILES string of the molecule is CC1(O)CC(n2ccc3cc(OCCN4CCC5(CC4)C(=O)Nc4ccc(C(F)F)cc45)cnc32)C1. The Bertz CT molecular complexity index is 1310. The van der Waals surface area contributed by atoms with Crippen molar-refractivity contribution in [2.24, 2.45) is 0 Å². The minimum atomic E-state index is -2.55. The average molecular weight is 497 g/mol. The number of nitrogens with zero attached hydrogens (tertiary/aromatic N) is 3. The molecule has 1 saturated heterocycles. The van der Waals surface area contributed by atoms with Crippen LogP contribution in [0.4, 0.5) is 14.5 Å². The van der Waals surface area contributed by atoms with E-state index in [1.54, 1.807) is 12.3 Å². The number of carbonyl (C=O) groups is 1. The lowest BCUT2D eigenvalue weighted by Crippen LogP contribution is -2.47. The van der Waals surface area contributed by atoms with Gasteiger partial charge in [0.15, 0.2) is 0 Å². The number of alkyl halides is 2. The van der Waals surface area contributed by atoms with E-state index in [0.717, 1.165) is 23.9 Å². The number of fused-ring (bicyclic) bond motifs is 3. The predicted molar refractivity (Wildman–Crippen MR) is 132 cm³/mol. The number of pyridine rings is 1. The second-order valence-corrected chi connectivity index (χ2v) is 10.7. The van der Waals surface area contributed by atoms with Gasteiger partial charge in [-0.3, -0.25) is 9.69 Å². The smallest absolute Gasteiger partial charge is 0.263 e. The first kappa shape index (κ1) is 23.4. The van der Waals surface area contributed by atoms with Crippen LogP contribution in [0.25, 0.3) is 11.0 Å². The summed E-state index contributed by atoms with van der Waals surface area (Å²) in [6.07, 6.45) is 3.85. The molecular formula is C27H30F2N4O3. The van der Waals surface area contributed by atoms with E-state index in [0.29, 0.717) is 56.1 Å². The van der Waals surface area contributed by atoms with Gasteiger partial charge < -0.3 is 19.7 Å². The van der Waals surface area contributed by atoms with Gasteiger partial charge in [-0.15, -0.1) is 0 Å². The molecule has 1 aromatic carbocycles. The Morgan fingerprint density at radius 2 is 2.00 bits per heavy atom. The Morgan fingerprint density at radius 3 is 2.72 bits per heavy atom. The maximum absolute atomic E-state index is 13.3. The molecular weight excluding hydrogens is 466 g/mol. The molecule has 4 heterocycles. The fourth-order valence-corrected chi connectivity index (χ4v) is 6.06. The molecule has 7 nitrogen and oxygen atoms in total. The third kappa shape index (κ3) is 3.94. The number of halogens is 2. The van der Waals surface area contributed by atoms with Gasteiger partial charge in [-0.2, -0.15) is 0 Å². The molecule has 190 valence electrons. The van der Waals surface area contributed by atoms with Crippen molar-refractivity contribution in [1.29, 1.82) is 0 Å². The van der Waals surface area contributed by atoms with Crippen LogP contribution in [-0.2, 0) is 10.2 Å². The van der Waals surface area contributed by atoms with Crippen molar-refractivity contribution < 1.29 is 23.4 Å². The Balaban J connectivity index is 1.05. The number of hydrogen-bond acceptors (Lipinski definition) is 5. The van der Waals surface area contributed by atoms with Crippen LogP contribution in [0, 0.1) is 0 Å². The first-order valence-corrected chi connectivity index (χ1v) is 12.5. The van der Waals surface area contributed by atoms with E-state index in [-0.39, 0.29) is 17.5 Å². The van der Waals surface area contributed by atoms with Crippen LogP contribution in [0.15, 0.2) is 42.7 Å². The highest BCUT2D eigenvalue weighted by Crippen LogP contribution is 2.46. The molecule has 1 spiro atoms. The highest BCUT2D eigenvalue weighted by Gasteiger charge is 2.48. The number of carbonyl (C=O) groups excluding carboxylic acids is 1. The third-order valence-electron chi connectivity index (χ3n) is 8.15. The first-order valence-electron chi connectivity index (χ1n) is 12.5. The molecule has 2 aliphatic heterocycles. The Labute approximate surface area is 208 Å². The molecule has 3 aliphatic rings. The summed E-state index contributed by atoms with van der Waals surface area (Å²) in [5, 5.41) is 13.9. The number of aromatic nitrogens is 2. The monoisotopic (exact) mass is 496 g/mol. The Hall–Kier alpha value is -3.04. The van der Waals surface area contributed by atoms with Crippen LogP contribution in [0.2, 0.25) is 0 Å². The van der Waals surface area contributed by atoms with Crippen molar-refractivity contribution in [3.63, 3.8) is 0 Å². The molecule has 1 saturated carbocycles. The van der Waals surface area contributed by atoms with Crippen LogP contribution >= 0.6 is 0 Å². The number of benzene rings is 1. The summed E-state index contributed by atoms with van der Waals surface area (Å²) >= 11 is 0. The third-order valence-corrected chi connectivity index (χ3v) is 8.15. The predicted octanol–water partition coefficient (Wildman–Crippen LogP) is 4.42. The van der Waals surface area contributed by atoms with Crippen molar-refractivity contribution in [2.45, 2.75) is 56.1 Å². The number of piperidine rings is 1. The number of rotatable bonds is 6. The quantitative estimate of drug-likeness (QED) is 0.528. The van der Waals surface area contributed by atoms with Crippen molar-refractivity contribution in [2.75, 3.05) is 31.6 Å². The van der Waals surface area contributed by atoms with E-state index in [1.165, 1.54) is 12.1 Å². The van der Waals surface area contributed by atoms with Gasteiger partial charge in [0, 0.05) is 35.4 Å². The van der Waals surface area contributed by atoms with Crippen LogP contribution in [0.3, 0.4) is 0 Å². The average Bonchev–Trinajstić information content (AvgIpc) is 3.37. The fourth-order valence-electron chi connectivity index (χ4n) is 6.06. The largest absolute Gasteiger partial charge is 0.491 e. The van der Waals surface area contributed by atoms with Crippen molar-refractivity contribution in [3.05, 3.63) is 53.9 Å². The van der Waals surface area contributed by atoms with Gasteiger partial charge in [-0.1, -0.05) is 6.07 Å². The van der Waals surface area contributed by atoms with E-state index in [2.05, 4.69) is 19.8 Å². The molecule has 2 N–H and O–H groups in total. The number of nitrogens with one attached hydrogen (secondary N) is 1. The lowest BCUT2D eigenvalue weighted by molar-refractivity contribution is -0.122. The molecule has 6 rings (SSSR count). The summed E-state index contributed by atoms with van der Waals surface area (Å²) in [6, 6.07) is 8.76. The van der Waals surface area contributed by atoms with E-state index in [1.807, 2.05) is 25.3 Å². The topological polar surface area (TPSA) is 79.6 Å². The van der Waals surface area contributed by atoms with Gasteiger partial charge in [0.25, 0.3) is 6.43 Å². The van der Waals surface area contributed by atoms with Gasteiger partial charge in [0.1, 0.15) is 18.0 Å². The van der Waals surface area contributed by atoms with Crippen molar-refractivity contribution >= 4 is 22.6 Å². The number of aliphatic hydroxyl groups is 1. The van der Waals surface area contributed by atoms with E-state index >= 15 is 0 Å². The minimum Gasteiger partial charge on any atom is -0.491 e. The van der Waals surface area contributed by atoms with Crippen LogP contribution in [0.1, 0.15) is 56.2 Å². The zero-order valence-corrected chi connectivity index (χ0v) is 20.2. The van der Waals surface area contributed by atoms with Gasteiger partial charge in [0.2, 0.25) is 5.91 Å². The first-order chi connectivity index (χ1) is 17.2. The Kier molecular flexibility index (Phi) is 5.53. The maximum Gasteiger partial charge on any atom is 0.263 e. The maximum atomic E-state index is 13.3. The van der Waals surface area contributed by atoms with Crippen LogP contribution in [0.5, 0.6) is 5.75 Å². The molecule has 0 radical (unpaired) electrons. The van der Waals surface area contributed by atoms with Crippen LogP contribution < -0.4 is 10.1 Å². The second-order valence-electron chi connectivity index (χ2n) is 10.7. The summed E-state index contributed by atoms with van der Waals surface area (Å²) < 4.78 is 34.6. The van der Waals surface area contributed by atoms with Gasteiger partial charge >= 0.3 is 0 Å². The van der Waals surface area contributed by atoms with Crippen molar-refractivity contribution in [3.8, 4) is 5.75 Å². The molecule has 0 unspecified atom stereocenters. The zero-order chi connectivity index (χ0) is 25.1. The van der Waals surface area contributed by atoms with E-state index in [4.69, 9.17) is 4.74 Å². The normalized spacial score (nSPS) is 25.2. The number of ether oxygens (including phenoxy) is 1. The van der Waals surface area contributed by atoms with E-state index in [9.17, 15) is 18.7 Å². The number of hydrogen-bond donors (Lipinski definition) is 2. The molecule has 9 heteroatoms. The summed E-state index contributed by atoms with van der Waals surface area (Å²) in [6.45, 7) is 4.45. The highest BCUT2D eigenvalue weighted by atomic mass is 19.3. The standard InChI is InChI=1S/C27H30F2N4O3/c1-26(35)14-19(15-26)33-7-4-18-12-20(16-30-24(18)33)36-11-10-32-8-5-27(6-9-32)21-13-17(23(28)29)2-3-22(21)31-25(27)34/h2-4,7,12-13,16,19,23,35H,5-6,8-11,14-15H2,1H3,(H,31,34). The summed E-state index contributed by atoms with van der Waals surface area (Å²) in [4.78, 5) is 19.7. The van der Waals surface area contributed by atoms with Gasteiger partial charge in [0.05, 0.1) is 17.2 Å². The second kappa shape index (κ2) is 8.52. The summed E-state index contributed by atoms with van der Waals surface area (Å²) in [7, 11) is 0. The zero-order valence-electron chi connectivity index (χ0n) is 20.2. The highest BCUT2D eigenvalue weighted by molar-refractivity contribution is 6.06. The molecule has 0 bridgehead atoms. The summed E-state index contributed by atoms with van der Waals surface area (Å²) in [5.41, 5.74) is 0.903. The molecule has 1 aliphatic carbocycles. The lowest BCUT2D eigenvalue weighted by atomic mass is 9.73. The fraction of sp³-hybridized carbons (Fsp3) is 0.481. The molecule has 36 heavy (non-hydrogen) atoms. The lowest BCUT2D eigenvalue weighted by Gasteiger charge is -2.41. The number of amides is 1. The molecule has 2 fully saturated rings. The molecule has 3 aromatic rings. The molecule has 2 aromatic heterocycles. The number of anilines is 1. The van der Waals surface area contributed by atoms with Crippen molar-refractivity contribution in [1.82, 2.24) is 14.5 Å². The van der Waals surface area contributed by atoms with Crippen LogP contribution in [-0.4, -0.2) is 57.3 Å². The molecule has 0 atom stereocenters. The van der Waals surface area contributed by atoms with Gasteiger partial charge in [-0.25, -0.2) is 13.8 Å². The summed E-state index contributed by atoms with van der Waals surface area (Å²) in [5.74, 6) is 0.620. The molecule has 1 amide bonds. The Morgan fingerprint density at radius 1 is 1.22 bits per heavy atom. The van der Waals surface area contributed by atoms with Gasteiger partial charge in [-0.05, 0) is 75.5 Å². The number of likely N-dealkylation sites (tertiary alicyclic amines) is 1.